The number of H-pyrrole nitrogens is 1. The maximum Gasteiger partial charge on any atom is 0.243 e. The highest BCUT2D eigenvalue weighted by atomic mass is 16.2. The van der Waals surface area contributed by atoms with Crippen molar-refractivity contribution in [3.8, 4) is 0 Å². The van der Waals surface area contributed by atoms with Crippen LogP contribution in [0.15, 0.2) is 83.2 Å². The molecule has 0 bridgehead atoms. The van der Waals surface area contributed by atoms with E-state index < -0.39 is 102 Å². The number of carbonyl (C=O) groups is 8. The van der Waals surface area contributed by atoms with Gasteiger partial charge in [-0.15, -0.1) is 0 Å². The molecule has 1 aromatic heterocycles. The van der Waals surface area contributed by atoms with Crippen molar-refractivity contribution in [3.63, 3.8) is 0 Å². The first-order valence-electron chi connectivity index (χ1n) is 27.2. The van der Waals surface area contributed by atoms with Gasteiger partial charge in [-0.25, -0.2) is 4.98 Å². The van der Waals surface area contributed by atoms with Crippen molar-refractivity contribution < 1.29 is 38.4 Å². The number of benzene rings is 2. The molecule has 3 rings (SSSR count). The van der Waals surface area contributed by atoms with Gasteiger partial charge < -0.3 is 82.3 Å². The minimum absolute atomic E-state index is 0.0365. The smallest absolute Gasteiger partial charge is 0.243 e. The molecule has 0 spiro atoms. The van der Waals surface area contributed by atoms with Crippen LogP contribution in [0.3, 0.4) is 0 Å². The van der Waals surface area contributed by atoms with Crippen molar-refractivity contribution in [2.24, 2.45) is 62.0 Å². The first kappa shape index (κ1) is 66.2. The molecule has 26 heteroatoms. The minimum atomic E-state index is -1.35. The van der Waals surface area contributed by atoms with Crippen LogP contribution in [0, 0.1) is 11.8 Å². The van der Waals surface area contributed by atoms with Gasteiger partial charge in [0.15, 0.2) is 11.9 Å². The molecule has 0 saturated carbocycles. The first-order chi connectivity index (χ1) is 38.1. The van der Waals surface area contributed by atoms with Crippen LogP contribution in [0.4, 0.5) is 0 Å². The number of unbranched alkanes of at least 4 members (excludes halogenated alkanes) is 1. The Morgan fingerprint density at radius 3 is 1.41 bits per heavy atom. The van der Waals surface area contributed by atoms with Crippen LogP contribution in [-0.4, -0.2) is 137 Å². The fourth-order valence-electron chi connectivity index (χ4n) is 8.45. The highest BCUT2D eigenvalue weighted by Crippen LogP contribution is 2.15. The van der Waals surface area contributed by atoms with E-state index in [9.17, 15) is 38.4 Å². The summed E-state index contributed by atoms with van der Waals surface area (Å²) in [5.74, 6) is -6.82. The molecule has 26 nitrogen and oxygen atoms in total. The maximum absolute atomic E-state index is 14.6. The van der Waals surface area contributed by atoms with E-state index >= 15 is 0 Å². The molecule has 0 unspecified atom stereocenters. The number of rotatable bonds is 37. The number of aromatic amines is 1. The highest BCUT2D eigenvalue weighted by Gasteiger charge is 2.36. The summed E-state index contributed by atoms with van der Waals surface area (Å²) in [4.78, 5) is 127. The van der Waals surface area contributed by atoms with Gasteiger partial charge in [0, 0.05) is 44.2 Å². The lowest BCUT2D eigenvalue weighted by Crippen LogP contribution is -2.61. The van der Waals surface area contributed by atoms with Crippen molar-refractivity contribution in [1.82, 2.24) is 47.2 Å². The Kier molecular flexibility index (Phi) is 29.3. The zero-order valence-electron chi connectivity index (χ0n) is 46.5. The van der Waals surface area contributed by atoms with E-state index in [1.807, 2.05) is 26.8 Å². The summed E-state index contributed by atoms with van der Waals surface area (Å²) < 4.78 is 0. The Balaban J connectivity index is 1.95. The summed E-state index contributed by atoms with van der Waals surface area (Å²) in [6.45, 7) is 7.66. The van der Waals surface area contributed by atoms with Gasteiger partial charge in [-0.3, -0.25) is 48.3 Å². The standard InChI is InChI=1S/C54H86N18O8/c1-5-33(4)44(52(80)69-41(45(57)73)27-34-16-8-6-9-17-34)72-51(79)42(26-32(2)3)71-49(77)40(22-15-25-64-54(60)61)67-48(76)39(21-14-24-63-53(58)59)66-47(75)38(20-12-13-23-55)68-50(78)43(28-35-18-10-7-11-19-35)70-46(74)37(56)29-36-30-62-31-65-36/h6-11,16-19,30-33,37-44H,5,12-15,20-29,55-56H2,1-4H3,(H2,57,73)(H,62,65)(H,66,75)(H,67,76)(H,68,78)(H,69,80)(H,70,74)(H,71,77)(H,72,79)(H4,58,59,63)(H4,60,61,64)/t33-,37-,38-,39-,40-,41-,42-,43-,44-/m0/s1. The van der Waals surface area contributed by atoms with Gasteiger partial charge in [0.05, 0.1) is 12.4 Å². The number of guanidine groups is 2. The van der Waals surface area contributed by atoms with Gasteiger partial charge >= 0.3 is 0 Å². The average molecular weight is 1120 g/mol. The Hall–Kier alpha value is -8.13. The molecule has 440 valence electrons. The van der Waals surface area contributed by atoms with Crippen molar-refractivity contribution in [2.75, 3.05) is 19.6 Å². The van der Waals surface area contributed by atoms with Crippen LogP contribution in [0.25, 0.3) is 0 Å². The largest absolute Gasteiger partial charge is 0.370 e. The first-order valence-corrected chi connectivity index (χ1v) is 27.2. The lowest BCUT2D eigenvalue weighted by Gasteiger charge is -2.30. The van der Waals surface area contributed by atoms with Crippen molar-refractivity contribution in [2.45, 2.75) is 153 Å². The minimum Gasteiger partial charge on any atom is -0.370 e. The Bertz CT molecular complexity index is 2470. The number of carbonyl (C=O) groups excluding carboxylic acids is 8. The number of hydrogen-bond donors (Lipinski definition) is 15. The second-order valence-electron chi connectivity index (χ2n) is 20.2. The molecule has 0 aliphatic carbocycles. The molecule has 0 fully saturated rings. The molecular formula is C54H86N18O8. The third-order valence-corrected chi connectivity index (χ3v) is 13.1. The molecule has 8 amide bonds. The molecule has 0 saturated heterocycles. The zero-order chi connectivity index (χ0) is 59.1. The number of aliphatic imine (C=N–C) groups is 2. The lowest BCUT2D eigenvalue weighted by molar-refractivity contribution is -0.136. The summed E-state index contributed by atoms with van der Waals surface area (Å²) in [6, 6.07) is 8.21. The van der Waals surface area contributed by atoms with E-state index in [-0.39, 0.29) is 95.3 Å². The van der Waals surface area contributed by atoms with E-state index in [4.69, 9.17) is 40.1 Å². The number of aromatic nitrogens is 2. The van der Waals surface area contributed by atoms with E-state index in [1.54, 1.807) is 61.5 Å². The van der Waals surface area contributed by atoms with Gasteiger partial charge in [0.25, 0.3) is 0 Å². The Morgan fingerprint density at radius 2 is 0.975 bits per heavy atom. The number of nitrogens with zero attached hydrogens (tertiary/aromatic N) is 3. The third kappa shape index (κ3) is 24.7. The number of nitrogens with one attached hydrogen (secondary N) is 8. The summed E-state index contributed by atoms with van der Waals surface area (Å²) in [7, 11) is 0. The molecule has 22 N–H and O–H groups in total. The van der Waals surface area contributed by atoms with E-state index in [1.165, 1.54) is 12.5 Å². The summed E-state index contributed by atoms with van der Waals surface area (Å²) in [5, 5.41) is 19.3. The second-order valence-corrected chi connectivity index (χ2v) is 20.2. The van der Waals surface area contributed by atoms with Gasteiger partial charge in [-0.2, -0.15) is 0 Å². The molecule has 1 heterocycles. The van der Waals surface area contributed by atoms with E-state index in [0.717, 1.165) is 5.56 Å². The monoisotopic (exact) mass is 1110 g/mol. The fraction of sp³-hybridized carbons (Fsp3) is 0.537. The molecule has 0 aliphatic heterocycles. The van der Waals surface area contributed by atoms with Crippen molar-refractivity contribution in [3.05, 3.63) is 90.0 Å². The van der Waals surface area contributed by atoms with E-state index in [0.29, 0.717) is 30.5 Å². The predicted octanol–water partition coefficient (Wildman–Crippen LogP) is -2.03. The van der Waals surface area contributed by atoms with Gasteiger partial charge in [-0.1, -0.05) is 94.8 Å². The quantitative estimate of drug-likeness (QED) is 0.0168. The van der Waals surface area contributed by atoms with Gasteiger partial charge in [-0.05, 0) is 80.9 Å². The number of amides is 8. The average Bonchev–Trinajstić information content (AvgIpc) is 3.94. The van der Waals surface area contributed by atoms with Crippen LogP contribution >= 0.6 is 0 Å². The van der Waals surface area contributed by atoms with Crippen LogP contribution in [0.5, 0.6) is 0 Å². The lowest BCUT2D eigenvalue weighted by atomic mass is 9.95. The van der Waals surface area contributed by atoms with Crippen LogP contribution in [0.2, 0.25) is 0 Å². The molecule has 0 radical (unpaired) electrons. The molecule has 80 heavy (non-hydrogen) atoms. The predicted molar refractivity (Wildman–Crippen MR) is 305 cm³/mol. The SMILES string of the molecule is CC[C@H](C)[C@H](NC(=O)[C@H](CC(C)C)NC(=O)[C@H](CCCN=C(N)N)NC(=O)[C@H](CCCN=C(N)N)NC(=O)[C@H](CCCCN)NC(=O)[C@H](Cc1ccccc1)NC(=O)[C@@H](N)Cc1cnc[nH]1)C(=O)N[C@@H](Cc1ccccc1)C(N)=O. The molecule has 0 aliphatic rings. The highest BCUT2D eigenvalue weighted by molar-refractivity contribution is 5.98. The number of nitrogens with two attached hydrogens (primary N) is 7. The number of hydrogen-bond acceptors (Lipinski definition) is 13. The molecule has 2 aromatic carbocycles. The topological polar surface area (TPSA) is 456 Å². The molecule has 9 atom stereocenters. The van der Waals surface area contributed by atoms with Crippen LogP contribution < -0.4 is 77.4 Å². The normalized spacial score (nSPS) is 14.4. The van der Waals surface area contributed by atoms with Crippen molar-refractivity contribution >= 4 is 59.2 Å². The van der Waals surface area contributed by atoms with Gasteiger partial charge in [0.2, 0.25) is 47.3 Å². The Morgan fingerprint density at radius 1 is 0.537 bits per heavy atom. The maximum atomic E-state index is 14.6. The molecular weight excluding hydrogens is 1030 g/mol. The molecule has 3 aromatic rings. The fourth-order valence-corrected chi connectivity index (χ4v) is 8.45. The van der Waals surface area contributed by atoms with E-state index in [2.05, 4.69) is 57.2 Å². The Labute approximate surface area is 468 Å². The number of primary amides is 1. The second kappa shape index (κ2) is 35.4. The number of imidazole rings is 1. The van der Waals surface area contributed by atoms with Gasteiger partial charge in [0.1, 0.15) is 42.3 Å². The summed E-state index contributed by atoms with van der Waals surface area (Å²) in [6.07, 6.45) is 4.96. The zero-order valence-corrected chi connectivity index (χ0v) is 46.5. The van der Waals surface area contributed by atoms with Crippen LogP contribution in [0.1, 0.15) is 102 Å². The summed E-state index contributed by atoms with van der Waals surface area (Å²) >= 11 is 0. The van der Waals surface area contributed by atoms with Crippen LogP contribution in [-0.2, 0) is 57.6 Å². The van der Waals surface area contributed by atoms with Crippen molar-refractivity contribution in [1.29, 1.82) is 0 Å². The third-order valence-electron chi connectivity index (χ3n) is 13.1. The summed E-state index contributed by atoms with van der Waals surface area (Å²) in [5.41, 5.74) is 42.2.